The minimum absolute atomic E-state index is 0.617. The molecular formula is C24H26OS. The van der Waals surface area contributed by atoms with Crippen LogP contribution in [0.25, 0.3) is 21.6 Å². The lowest BCUT2D eigenvalue weighted by molar-refractivity contribution is 0.363. The summed E-state index contributed by atoms with van der Waals surface area (Å²) in [6, 6.07) is 21.7. The Bertz CT molecular complexity index is 825. The molecule has 0 aliphatic rings. The van der Waals surface area contributed by atoms with Crippen LogP contribution < -0.4 is 4.74 Å². The Morgan fingerprint density at radius 1 is 0.846 bits per heavy atom. The first kappa shape index (κ1) is 18.5. The first-order valence-electron chi connectivity index (χ1n) is 9.33. The Kier molecular flexibility index (Phi) is 6.68. The SMILES string of the molecule is CC=CCOc1ccc(-c2ccc(-c3ccc(CCCC)s3)cc2)cc1. The van der Waals surface area contributed by atoms with Gasteiger partial charge in [0.05, 0.1) is 0 Å². The standard InChI is InChI=1S/C24H26OS/c1-3-5-7-23-16-17-24(26-23)21-10-8-19(9-11-21)20-12-14-22(15-13-20)25-18-6-4-2/h4,6,8-17H,3,5,7,18H2,1-2H3. The second-order valence-corrected chi connectivity index (χ2v) is 7.52. The van der Waals surface area contributed by atoms with Crippen LogP contribution in [-0.4, -0.2) is 6.61 Å². The molecule has 0 atom stereocenters. The molecule has 3 aromatic rings. The van der Waals surface area contributed by atoms with Gasteiger partial charge in [-0.2, -0.15) is 0 Å². The van der Waals surface area contributed by atoms with Crippen molar-refractivity contribution in [3.8, 4) is 27.3 Å². The minimum Gasteiger partial charge on any atom is -0.490 e. The third-order valence-electron chi connectivity index (χ3n) is 4.38. The molecule has 2 heteroatoms. The molecule has 0 aliphatic carbocycles. The van der Waals surface area contributed by atoms with Crippen molar-refractivity contribution in [1.29, 1.82) is 0 Å². The van der Waals surface area contributed by atoms with Gasteiger partial charge in [0.25, 0.3) is 0 Å². The van der Waals surface area contributed by atoms with Crippen LogP contribution in [0.1, 0.15) is 31.6 Å². The predicted molar refractivity (Wildman–Crippen MR) is 114 cm³/mol. The third kappa shape index (κ3) is 4.86. The van der Waals surface area contributed by atoms with E-state index in [4.69, 9.17) is 4.74 Å². The lowest BCUT2D eigenvalue weighted by atomic mass is 10.0. The summed E-state index contributed by atoms with van der Waals surface area (Å²) >= 11 is 1.92. The van der Waals surface area contributed by atoms with Gasteiger partial charge < -0.3 is 4.74 Å². The summed E-state index contributed by atoms with van der Waals surface area (Å²) in [6.07, 6.45) is 7.72. The van der Waals surface area contributed by atoms with E-state index < -0.39 is 0 Å². The molecule has 26 heavy (non-hydrogen) atoms. The Morgan fingerprint density at radius 3 is 2.15 bits per heavy atom. The van der Waals surface area contributed by atoms with Crippen LogP contribution in [0.3, 0.4) is 0 Å². The van der Waals surface area contributed by atoms with Gasteiger partial charge in [-0.05, 0) is 60.7 Å². The average molecular weight is 363 g/mol. The van der Waals surface area contributed by atoms with E-state index in [2.05, 4.69) is 55.5 Å². The van der Waals surface area contributed by atoms with Crippen LogP contribution in [0.5, 0.6) is 5.75 Å². The quantitative estimate of drug-likeness (QED) is 0.380. The molecular weight excluding hydrogens is 336 g/mol. The van der Waals surface area contributed by atoms with Crippen LogP contribution in [0.2, 0.25) is 0 Å². The molecule has 0 N–H and O–H groups in total. The van der Waals surface area contributed by atoms with E-state index in [-0.39, 0.29) is 0 Å². The van der Waals surface area contributed by atoms with Gasteiger partial charge in [0, 0.05) is 9.75 Å². The first-order chi connectivity index (χ1) is 12.8. The molecule has 0 amide bonds. The van der Waals surface area contributed by atoms with Crippen molar-refractivity contribution in [2.24, 2.45) is 0 Å². The second-order valence-electron chi connectivity index (χ2n) is 6.35. The van der Waals surface area contributed by atoms with Crippen molar-refractivity contribution in [2.75, 3.05) is 6.61 Å². The van der Waals surface area contributed by atoms with Gasteiger partial charge in [-0.25, -0.2) is 0 Å². The summed E-state index contributed by atoms with van der Waals surface area (Å²) in [4.78, 5) is 2.84. The number of ether oxygens (including phenoxy) is 1. The van der Waals surface area contributed by atoms with E-state index >= 15 is 0 Å². The topological polar surface area (TPSA) is 9.23 Å². The maximum absolute atomic E-state index is 5.66. The van der Waals surface area contributed by atoms with Crippen LogP contribution in [-0.2, 0) is 6.42 Å². The van der Waals surface area contributed by atoms with Crippen molar-refractivity contribution >= 4 is 11.3 Å². The molecule has 0 fully saturated rings. The molecule has 0 spiro atoms. The maximum atomic E-state index is 5.66. The van der Waals surface area contributed by atoms with E-state index in [0.717, 1.165) is 5.75 Å². The van der Waals surface area contributed by atoms with Crippen molar-refractivity contribution < 1.29 is 4.74 Å². The van der Waals surface area contributed by atoms with Crippen molar-refractivity contribution in [3.05, 3.63) is 77.7 Å². The first-order valence-corrected chi connectivity index (χ1v) is 10.2. The summed E-state index contributed by atoms with van der Waals surface area (Å²) in [5, 5.41) is 0. The van der Waals surface area contributed by atoms with Gasteiger partial charge in [-0.3, -0.25) is 0 Å². The Morgan fingerprint density at radius 2 is 1.50 bits per heavy atom. The number of rotatable bonds is 8. The van der Waals surface area contributed by atoms with Gasteiger partial charge in [0.2, 0.25) is 0 Å². The molecule has 1 heterocycles. The van der Waals surface area contributed by atoms with Crippen LogP contribution in [0.15, 0.2) is 72.8 Å². The van der Waals surface area contributed by atoms with E-state index in [1.807, 2.05) is 42.5 Å². The monoisotopic (exact) mass is 362 g/mol. The fourth-order valence-corrected chi connectivity index (χ4v) is 3.88. The van der Waals surface area contributed by atoms with E-state index in [1.165, 1.54) is 45.7 Å². The highest BCUT2D eigenvalue weighted by atomic mass is 32.1. The Balaban J connectivity index is 1.68. The highest BCUT2D eigenvalue weighted by molar-refractivity contribution is 7.15. The highest BCUT2D eigenvalue weighted by Gasteiger charge is 2.04. The van der Waals surface area contributed by atoms with E-state index in [1.54, 1.807) is 0 Å². The normalized spacial score (nSPS) is 11.2. The summed E-state index contributed by atoms with van der Waals surface area (Å²) in [7, 11) is 0. The molecule has 0 saturated heterocycles. The van der Waals surface area contributed by atoms with Crippen LogP contribution in [0.4, 0.5) is 0 Å². The lowest BCUT2D eigenvalue weighted by Crippen LogP contribution is -1.92. The van der Waals surface area contributed by atoms with E-state index in [0.29, 0.717) is 6.61 Å². The average Bonchev–Trinajstić information content (AvgIpc) is 3.16. The summed E-state index contributed by atoms with van der Waals surface area (Å²) in [5.74, 6) is 0.904. The number of hydrogen-bond acceptors (Lipinski definition) is 2. The van der Waals surface area contributed by atoms with Crippen molar-refractivity contribution in [2.45, 2.75) is 33.1 Å². The zero-order valence-corrected chi connectivity index (χ0v) is 16.4. The zero-order valence-electron chi connectivity index (χ0n) is 15.6. The van der Waals surface area contributed by atoms with Gasteiger partial charge in [0.1, 0.15) is 12.4 Å². The lowest BCUT2D eigenvalue weighted by Gasteiger charge is -2.06. The third-order valence-corrected chi connectivity index (χ3v) is 5.57. The molecule has 0 bridgehead atoms. The number of aryl methyl sites for hydroxylation is 1. The molecule has 1 nitrogen and oxygen atoms in total. The fraction of sp³-hybridized carbons (Fsp3) is 0.250. The predicted octanol–water partition coefficient (Wildman–Crippen LogP) is 7.38. The summed E-state index contributed by atoms with van der Waals surface area (Å²) < 4.78 is 5.66. The largest absolute Gasteiger partial charge is 0.490 e. The molecule has 0 unspecified atom stereocenters. The highest BCUT2D eigenvalue weighted by Crippen LogP contribution is 2.31. The van der Waals surface area contributed by atoms with E-state index in [9.17, 15) is 0 Å². The maximum Gasteiger partial charge on any atom is 0.119 e. The number of allylic oxidation sites excluding steroid dienone is 1. The number of benzene rings is 2. The van der Waals surface area contributed by atoms with Crippen molar-refractivity contribution in [1.82, 2.24) is 0 Å². The van der Waals surface area contributed by atoms with Crippen LogP contribution in [0, 0.1) is 0 Å². The van der Waals surface area contributed by atoms with Gasteiger partial charge in [0.15, 0.2) is 0 Å². The smallest absolute Gasteiger partial charge is 0.119 e. The van der Waals surface area contributed by atoms with Crippen molar-refractivity contribution in [3.63, 3.8) is 0 Å². The zero-order chi connectivity index (χ0) is 18.2. The number of unbranched alkanes of at least 4 members (excludes halogenated alkanes) is 1. The Labute approximate surface area is 161 Å². The fourth-order valence-electron chi connectivity index (χ4n) is 2.83. The molecule has 0 saturated carbocycles. The molecule has 2 aromatic carbocycles. The second kappa shape index (κ2) is 9.40. The Hall–Kier alpha value is -2.32. The molecule has 0 radical (unpaired) electrons. The molecule has 0 aliphatic heterocycles. The van der Waals surface area contributed by atoms with Gasteiger partial charge in [-0.1, -0.05) is 61.9 Å². The van der Waals surface area contributed by atoms with Gasteiger partial charge in [-0.15, -0.1) is 11.3 Å². The molecule has 1 aromatic heterocycles. The summed E-state index contributed by atoms with van der Waals surface area (Å²) in [5.41, 5.74) is 3.74. The summed E-state index contributed by atoms with van der Waals surface area (Å²) in [6.45, 7) is 4.86. The molecule has 134 valence electrons. The van der Waals surface area contributed by atoms with Crippen LogP contribution >= 0.6 is 11.3 Å². The number of thiophene rings is 1. The molecule has 3 rings (SSSR count). The van der Waals surface area contributed by atoms with Gasteiger partial charge >= 0.3 is 0 Å². The number of hydrogen-bond donors (Lipinski definition) is 0. The minimum atomic E-state index is 0.617.